The van der Waals surface area contributed by atoms with Crippen molar-refractivity contribution in [1.82, 2.24) is 5.32 Å². The molecule has 0 heterocycles. The molecule has 0 aromatic heterocycles. The van der Waals surface area contributed by atoms with E-state index in [2.05, 4.69) is 5.32 Å². The van der Waals surface area contributed by atoms with E-state index in [1.54, 1.807) is 11.8 Å². The fraction of sp³-hybridized carbons (Fsp3) is 0.278. The first kappa shape index (κ1) is 17.7. The molecule has 0 spiro atoms. The van der Waals surface area contributed by atoms with Crippen molar-refractivity contribution in [3.63, 3.8) is 0 Å². The molecule has 122 valence electrons. The summed E-state index contributed by atoms with van der Waals surface area (Å²) in [5, 5.41) is 3.65. The number of carbonyl (C=O) groups excluding carboxylic acids is 1. The molecule has 0 fully saturated rings. The highest BCUT2D eigenvalue weighted by atomic mass is 35.5. The molecule has 2 aromatic carbocycles. The standard InChI is InChI=1S/C18H20ClNO2S/c1-2-22-17-9-4-3-7-15(17)11-20-18(21)13-23-12-14-6-5-8-16(19)10-14/h3-10H,2,11-13H2,1H3,(H,20,21). The summed E-state index contributed by atoms with van der Waals surface area (Å²) in [6.07, 6.45) is 0. The van der Waals surface area contributed by atoms with Gasteiger partial charge in [-0.15, -0.1) is 11.8 Å². The van der Waals surface area contributed by atoms with Gasteiger partial charge in [0.25, 0.3) is 0 Å². The minimum Gasteiger partial charge on any atom is -0.494 e. The fourth-order valence-electron chi connectivity index (χ4n) is 2.08. The second-order valence-electron chi connectivity index (χ2n) is 4.94. The van der Waals surface area contributed by atoms with Gasteiger partial charge >= 0.3 is 0 Å². The fourth-order valence-corrected chi connectivity index (χ4v) is 3.10. The average molecular weight is 350 g/mol. The van der Waals surface area contributed by atoms with E-state index in [0.29, 0.717) is 18.9 Å². The van der Waals surface area contributed by atoms with Gasteiger partial charge in [0.05, 0.1) is 12.4 Å². The van der Waals surface area contributed by atoms with Crippen molar-refractivity contribution in [1.29, 1.82) is 0 Å². The van der Waals surface area contributed by atoms with Gasteiger partial charge in [0, 0.05) is 22.9 Å². The lowest BCUT2D eigenvalue weighted by Gasteiger charge is -2.11. The third-order valence-corrected chi connectivity index (χ3v) is 4.38. The Morgan fingerprint density at radius 1 is 1.22 bits per heavy atom. The second-order valence-corrected chi connectivity index (χ2v) is 6.36. The van der Waals surface area contributed by atoms with Crippen LogP contribution in [0.5, 0.6) is 5.75 Å². The Morgan fingerprint density at radius 3 is 2.83 bits per heavy atom. The molecule has 23 heavy (non-hydrogen) atoms. The summed E-state index contributed by atoms with van der Waals surface area (Å²) in [6.45, 7) is 3.04. The molecule has 0 saturated heterocycles. The molecule has 5 heteroatoms. The van der Waals surface area contributed by atoms with Crippen molar-refractivity contribution in [3.05, 3.63) is 64.7 Å². The first-order valence-electron chi connectivity index (χ1n) is 7.48. The summed E-state index contributed by atoms with van der Waals surface area (Å²) < 4.78 is 5.55. The summed E-state index contributed by atoms with van der Waals surface area (Å²) in [6, 6.07) is 15.4. The normalized spacial score (nSPS) is 10.3. The van der Waals surface area contributed by atoms with Gasteiger partial charge in [0.2, 0.25) is 5.91 Å². The summed E-state index contributed by atoms with van der Waals surface area (Å²) in [4.78, 5) is 11.9. The number of para-hydroxylation sites is 1. The van der Waals surface area contributed by atoms with E-state index in [4.69, 9.17) is 16.3 Å². The topological polar surface area (TPSA) is 38.3 Å². The molecule has 0 radical (unpaired) electrons. The van der Waals surface area contributed by atoms with Crippen LogP contribution in [0.15, 0.2) is 48.5 Å². The lowest BCUT2D eigenvalue weighted by Crippen LogP contribution is -2.24. The van der Waals surface area contributed by atoms with Crippen LogP contribution in [-0.2, 0) is 17.1 Å². The number of benzene rings is 2. The summed E-state index contributed by atoms with van der Waals surface area (Å²) >= 11 is 7.51. The van der Waals surface area contributed by atoms with E-state index in [0.717, 1.165) is 27.7 Å². The van der Waals surface area contributed by atoms with Gasteiger partial charge in [-0.3, -0.25) is 4.79 Å². The summed E-state index contributed by atoms with van der Waals surface area (Å²) in [5.74, 6) is 2.03. The van der Waals surface area contributed by atoms with Gasteiger partial charge in [-0.25, -0.2) is 0 Å². The van der Waals surface area contributed by atoms with Crippen LogP contribution in [0.4, 0.5) is 0 Å². The Kier molecular flexibility index (Phi) is 7.30. The molecule has 1 amide bonds. The quantitative estimate of drug-likeness (QED) is 0.772. The molecular weight excluding hydrogens is 330 g/mol. The second kappa shape index (κ2) is 9.48. The number of ether oxygens (including phenoxy) is 1. The molecule has 0 saturated carbocycles. The van der Waals surface area contributed by atoms with Crippen molar-refractivity contribution in [2.75, 3.05) is 12.4 Å². The molecule has 2 aromatic rings. The van der Waals surface area contributed by atoms with Gasteiger partial charge < -0.3 is 10.1 Å². The smallest absolute Gasteiger partial charge is 0.230 e. The Morgan fingerprint density at radius 2 is 2.04 bits per heavy atom. The minimum atomic E-state index is 0.0170. The average Bonchev–Trinajstić information content (AvgIpc) is 2.54. The maximum Gasteiger partial charge on any atom is 0.230 e. The zero-order valence-corrected chi connectivity index (χ0v) is 14.6. The number of amides is 1. The Hall–Kier alpha value is -1.65. The molecule has 2 rings (SSSR count). The van der Waals surface area contributed by atoms with Crippen molar-refractivity contribution >= 4 is 29.3 Å². The van der Waals surface area contributed by atoms with Gasteiger partial charge in [-0.05, 0) is 30.7 Å². The zero-order chi connectivity index (χ0) is 16.5. The third kappa shape index (κ3) is 6.16. The number of thioether (sulfide) groups is 1. The maximum absolute atomic E-state index is 11.9. The molecule has 0 atom stereocenters. The minimum absolute atomic E-state index is 0.0170. The highest BCUT2D eigenvalue weighted by Crippen LogP contribution is 2.18. The van der Waals surface area contributed by atoms with Gasteiger partial charge in [-0.1, -0.05) is 41.9 Å². The zero-order valence-electron chi connectivity index (χ0n) is 13.0. The number of hydrogen-bond donors (Lipinski definition) is 1. The lowest BCUT2D eigenvalue weighted by atomic mass is 10.2. The van der Waals surface area contributed by atoms with Crippen molar-refractivity contribution in [2.45, 2.75) is 19.2 Å². The molecule has 0 aliphatic carbocycles. The van der Waals surface area contributed by atoms with Crippen LogP contribution >= 0.6 is 23.4 Å². The van der Waals surface area contributed by atoms with Crippen LogP contribution in [0, 0.1) is 0 Å². The van der Waals surface area contributed by atoms with Crippen LogP contribution in [0.25, 0.3) is 0 Å². The van der Waals surface area contributed by atoms with Crippen LogP contribution < -0.4 is 10.1 Å². The highest BCUT2D eigenvalue weighted by Gasteiger charge is 2.06. The van der Waals surface area contributed by atoms with E-state index in [1.165, 1.54) is 0 Å². The molecule has 0 aliphatic heterocycles. The lowest BCUT2D eigenvalue weighted by molar-refractivity contribution is -0.118. The summed E-state index contributed by atoms with van der Waals surface area (Å²) in [7, 11) is 0. The molecule has 1 N–H and O–H groups in total. The van der Waals surface area contributed by atoms with Crippen molar-refractivity contribution in [2.24, 2.45) is 0 Å². The predicted molar refractivity (Wildman–Crippen MR) is 97.1 cm³/mol. The first-order valence-corrected chi connectivity index (χ1v) is 9.02. The van der Waals surface area contributed by atoms with E-state index < -0.39 is 0 Å². The Bertz CT molecular complexity index is 648. The number of carbonyl (C=O) groups is 1. The number of nitrogens with one attached hydrogen (secondary N) is 1. The highest BCUT2D eigenvalue weighted by molar-refractivity contribution is 7.99. The monoisotopic (exact) mass is 349 g/mol. The van der Waals surface area contributed by atoms with Crippen LogP contribution in [-0.4, -0.2) is 18.3 Å². The van der Waals surface area contributed by atoms with Crippen LogP contribution in [0.3, 0.4) is 0 Å². The predicted octanol–water partition coefficient (Wildman–Crippen LogP) is 4.29. The maximum atomic E-state index is 11.9. The molecule has 0 aliphatic rings. The number of halogens is 1. The van der Waals surface area contributed by atoms with Gasteiger partial charge in [0.1, 0.15) is 5.75 Å². The van der Waals surface area contributed by atoms with Crippen LogP contribution in [0.2, 0.25) is 5.02 Å². The van der Waals surface area contributed by atoms with Gasteiger partial charge in [0.15, 0.2) is 0 Å². The molecule has 3 nitrogen and oxygen atoms in total. The molecule has 0 bridgehead atoms. The van der Waals surface area contributed by atoms with E-state index in [1.807, 2.05) is 55.5 Å². The number of rotatable bonds is 8. The van der Waals surface area contributed by atoms with Crippen molar-refractivity contribution < 1.29 is 9.53 Å². The van der Waals surface area contributed by atoms with E-state index in [9.17, 15) is 4.79 Å². The molecular formula is C18H20ClNO2S. The summed E-state index contributed by atoms with van der Waals surface area (Å²) in [5.41, 5.74) is 2.11. The SMILES string of the molecule is CCOc1ccccc1CNC(=O)CSCc1cccc(Cl)c1. The largest absolute Gasteiger partial charge is 0.494 e. The number of hydrogen-bond acceptors (Lipinski definition) is 3. The van der Waals surface area contributed by atoms with E-state index >= 15 is 0 Å². The third-order valence-electron chi connectivity index (χ3n) is 3.14. The first-order chi connectivity index (χ1) is 11.2. The van der Waals surface area contributed by atoms with Crippen molar-refractivity contribution in [3.8, 4) is 5.75 Å². The van der Waals surface area contributed by atoms with Gasteiger partial charge in [-0.2, -0.15) is 0 Å². The molecule has 0 unspecified atom stereocenters. The van der Waals surface area contributed by atoms with E-state index in [-0.39, 0.29) is 5.91 Å². The van der Waals surface area contributed by atoms with Crippen LogP contribution in [0.1, 0.15) is 18.1 Å². The Balaban J connectivity index is 1.75. The Labute approximate surface area is 146 Å².